The number of benzene rings is 2. The number of primary amides is 1. The van der Waals surface area contributed by atoms with Crippen molar-refractivity contribution >= 4 is 41.4 Å². The number of rotatable bonds is 12. The lowest BCUT2D eigenvalue weighted by molar-refractivity contribution is -0.143. The van der Waals surface area contributed by atoms with Crippen LogP contribution >= 0.6 is 23.2 Å². The van der Waals surface area contributed by atoms with E-state index in [4.69, 9.17) is 28.9 Å². The fraction of sp³-hybridized carbons (Fsp3) is 0.393. The summed E-state index contributed by atoms with van der Waals surface area (Å²) in [5.41, 5.74) is 1.54. The number of halogens is 8. The fourth-order valence-electron chi connectivity index (χ4n) is 3.59. The van der Waals surface area contributed by atoms with Crippen molar-refractivity contribution in [2.45, 2.75) is 57.4 Å². The molecule has 14 heteroatoms. The first kappa shape index (κ1) is 36.8. The van der Waals surface area contributed by atoms with E-state index in [1.807, 2.05) is 0 Å². The van der Waals surface area contributed by atoms with Crippen molar-refractivity contribution in [3.8, 4) is 0 Å². The maximum Gasteiger partial charge on any atom is 0.416 e. The van der Waals surface area contributed by atoms with Crippen molar-refractivity contribution < 1.29 is 40.7 Å². The summed E-state index contributed by atoms with van der Waals surface area (Å²) in [6.45, 7) is 3.01. The standard InChI is InChI=1S/C21H16Cl2F6N2O2.C7H15NO/c1-31(15(3-5-18(30)32)6-11-2-4-16(22)17(23)7-11)19(33)12-8-13(20(24,25)26)10-14(9-12)21(27,28)29;1-2-3-4-5-6-8-7-9/h2-5,7-10,15H,6H2,1H3,(H2,30,32);7H,2-6H2,1H3,(H,8,9)/b5-3+;. The summed E-state index contributed by atoms with van der Waals surface area (Å²) in [5, 5.41) is 3.06. The van der Waals surface area contributed by atoms with E-state index in [0.29, 0.717) is 17.7 Å². The molecule has 0 aliphatic carbocycles. The first-order chi connectivity index (χ1) is 19.5. The Morgan fingerprint density at radius 2 is 1.55 bits per heavy atom. The molecular formula is C28H31Cl2F6N3O3. The van der Waals surface area contributed by atoms with E-state index in [2.05, 4.69) is 12.2 Å². The molecule has 0 bridgehead atoms. The van der Waals surface area contributed by atoms with Crippen LogP contribution in [0.2, 0.25) is 10.0 Å². The summed E-state index contributed by atoms with van der Waals surface area (Å²) in [6, 6.07) is 4.13. The van der Waals surface area contributed by atoms with Crippen LogP contribution < -0.4 is 11.1 Å². The Hall–Kier alpha value is -3.25. The maximum atomic E-state index is 13.1. The largest absolute Gasteiger partial charge is 0.416 e. The minimum absolute atomic E-state index is 0.00793. The van der Waals surface area contributed by atoms with Crippen LogP contribution in [0.3, 0.4) is 0 Å². The third-order valence-electron chi connectivity index (χ3n) is 5.82. The van der Waals surface area contributed by atoms with E-state index in [1.54, 1.807) is 6.07 Å². The Labute approximate surface area is 249 Å². The van der Waals surface area contributed by atoms with Crippen LogP contribution in [0.1, 0.15) is 59.7 Å². The number of alkyl halides is 6. The summed E-state index contributed by atoms with van der Waals surface area (Å²) in [7, 11) is 1.17. The molecule has 3 N–H and O–H groups in total. The van der Waals surface area contributed by atoms with Gasteiger partial charge in [-0.05, 0) is 48.7 Å². The normalized spacial score (nSPS) is 12.3. The second-order valence-corrected chi connectivity index (χ2v) is 9.94. The molecule has 0 radical (unpaired) electrons. The highest BCUT2D eigenvalue weighted by Crippen LogP contribution is 2.36. The summed E-state index contributed by atoms with van der Waals surface area (Å²) >= 11 is 11.8. The fourth-order valence-corrected chi connectivity index (χ4v) is 3.91. The van der Waals surface area contributed by atoms with Gasteiger partial charge in [0.15, 0.2) is 0 Å². The molecule has 0 spiro atoms. The monoisotopic (exact) mass is 641 g/mol. The van der Waals surface area contributed by atoms with Crippen molar-refractivity contribution in [1.29, 1.82) is 0 Å². The number of nitrogens with two attached hydrogens (primary N) is 1. The third kappa shape index (κ3) is 12.7. The predicted molar refractivity (Wildman–Crippen MR) is 149 cm³/mol. The number of unbranched alkanes of at least 4 members (excludes halogenated alkanes) is 3. The molecule has 0 fully saturated rings. The second kappa shape index (κ2) is 17.0. The predicted octanol–water partition coefficient (Wildman–Crippen LogP) is 7.07. The first-order valence-electron chi connectivity index (χ1n) is 12.7. The topological polar surface area (TPSA) is 92.5 Å². The Morgan fingerprint density at radius 1 is 0.952 bits per heavy atom. The van der Waals surface area contributed by atoms with E-state index in [9.17, 15) is 40.7 Å². The van der Waals surface area contributed by atoms with Crippen LogP contribution in [0.5, 0.6) is 0 Å². The van der Waals surface area contributed by atoms with Crippen molar-refractivity contribution in [2.24, 2.45) is 5.73 Å². The molecule has 42 heavy (non-hydrogen) atoms. The average molecular weight is 642 g/mol. The molecule has 1 unspecified atom stereocenters. The summed E-state index contributed by atoms with van der Waals surface area (Å²) < 4.78 is 78.9. The zero-order valence-corrected chi connectivity index (χ0v) is 24.3. The van der Waals surface area contributed by atoms with E-state index in [-0.39, 0.29) is 22.5 Å². The van der Waals surface area contributed by atoms with Gasteiger partial charge in [-0.25, -0.2) is 0 Å². The summed E-state index contributed by atoms with van der Waals surface area (Å²) in [6.07, 6.45) is -2.44. The molecule has 0 aliphatic heterocycles. The van der Waals surface area contributed by atoms with Gasteiger partial charge in [-0.15, -0.1) is 0 Å². The lowest BCUT2D eigenvalue weighted by Gasteiger charge is -2.27. The number of amides is 3. The van der Waals surface area contributed by atoms with Crippen LogP contribution in [-0.2, 0) is 28.4 Å². The third-order valence-corrected chi connectivity index (χ3v) is 6.56. The number of nitrogens with zero attached hydrogens (tertiary/aromatic N) is 1. The molecule has 0 saturated carbocycles. The highest BCUT2D eigenvalue weighted by Gasteiger charge is 2.38. The molecule has 0 aliphatic rings. The van der Waals surface area contributed by atoms with Gasteiger partial charge in [-0.2, -0.15) is 26.3 Å². The molecule has 3 amide bonds. The molecule has 2 aromatic carbocycles. The highest BCUT2D eigenvalue weighted by atomic mass is 35.5. The van der Waals surface area contributed by atoms with Gasteiger partial charge in [0, 0.05) is 25.2 Å². The number of hydrogen-bond donors (Lipinski definition) is 2. The van der Waals surface area contributed by atoms with E-state index < -0.39 is 46.9 Å². The van der Waals surface area contributed by atoms with Crippen LogP contribution in [0, 0.1) is 0 Å². The van der Waals surface area contributed by atoms with Gasteiger partial charge in [0.1, 0.15) is 0 Å². The minimum atomic E-state index is -5.11. The van der Waals surface area contributed by atoms with Crippen molar-refractivity contribution in [1.82, 2.24) is 10.2 Å². The van der Waals surface area contributed by atoms with Gasteiger partial charge < -0.3 is 16.0 Å². The number of carbonyl (C=O) groups is 3. The van der Waals surface area contributed by atoms with E-state index in [1.165, 1.54) is 44.5 Å². The lowest BCUT2D eigenvalue weighted by Crippen LogP contribution is -2.38. The number of likely N-dealkylation sites (N-methyl/N-ethyl adjacent to an activating group) is 1. The second-order valence-electron chi connectivity index (χ2n) is 9.12. The zero-order chi connectivity index (χ0) is 32.1. The summed E-state index contributed by atoms with van der Waals surface area (Å²) in [5.74, 6) is -2.00. The quantitative estimate of drug-likeness (QED) is 0.112. The molecule has 6 nitrogen and oxygen atoms in total. The number of hydrogen-bond acceptors (Lipinski definition) is 3. The molecular weight excluding hydrogens is 611 g/mol. The van der Waals surface area contributed by atoms with Crippen molar-refractivity contribution in [3.05, 3.63) is 80.8 Å². The zero-order valence-electron chi connectivity index (χ0n) is 22.8. The van der Waals surface area contributed by atoms with Gasteiger partial charge in [0.05, 0.1) is 27.2 Å². The SMILES string of the molecule is CCCCCCNC=O.CN(C(=O)c1cc(C(F)(F)F)cc(C(F)(F)F)c1)C(/C=C/C(N)=O)Cc1ccc(Cl)c(Cl)c1. The summed E-state index contributed by atoms with van der Waals surface area (Å²) in [4.78, 5) is 34.7. The Morgan fingerprint density at radius 3 is 2.02 bits per heavy atom. The number of nitrogens with one attached hydrogen (secondary N) is 1. The van der Waals surface area contributed by atoms with Crippen LogP contribution in [-0.4, -0.2) is 42.8 Å². The Bertz CT molecular complexity index is 1200. The van der Waals surface area contributed by atoms with Gasteiger partial charge in [0.25, 0.3) is 5.91 Å². The molecule has 0 aromatic heterocycles. The Balaban J connectivity index is 0.000000844. The molecule has 2 aromatic rings. The highest BCUT2D eigenvalue weighted by molar-refractivity contribution is 6.42. The van der Waals surface area contributed by atoms with Gasteiger partial charge in [0.2, 0.25) is 12.3 Å². The number of carbonyl (C=O) groups excluding carboxylic acids is 3. The van der Waals surface area contributed by atoms with Crippen LogP contribution in [0.4, 0.5) is 26.3 Å². The van der Waals surface area contributed by atoms with Crippen molar-refractivity contribution in [2.75, 3.05) is 13.6 Å². The van der Waals surface area contributed by atoms with Crippen LogP contribution in [0.25, 0.3) is 0 Å². The molecule has 232 valence electrons. The van der Waals surface area contributed by atoms with Gasteiger partial charge in [-0.1, -0.05) is 61.5 Å². The van der Waals surface area contributed by atoms with Gasteiger partial charge in [-0.3, -0.25) is 14.4 Å². The van der Waals surface area contributed by atoms with Crippen molar-refractivity contribution in [3.63, 3.8) is 0 Å². The van der Waals surface area contributed by atoms with E-state index >= 15 is 0 Å². The Kier molecular flexibility index (Phi) is 14.9. The molecule has 0 heterocycles. The molecule has 0 saturated heterocycles. The molecule has 1 atom stereocenters. The van der Waals surface area contributed by atoms with E-state index in [0.717, 1.165) is 30.4 Å². The van der Waals surface area contributed by atoms with Gasteiger partial charge >= 0.3 is 12.4 Å². The maximum absolute atomic E-state index is 13.1. The minimum Gasteiger partial charge on any atom is -0.366 e. The smallest absolute Gasteiger partial charge is 0.366 e. The molecule has 2 rings (SSSR count). The average Bonchev–Trinajstić information content (AvgIpc) is 2.91. The lowest BCUT2D eigenvalue weighted by atomic mass is 10.0. The van der Waals surface area contributed by atoms with Crippen LogP contribution in [0.15, 0.2) is 48.6 Å². The first-order valence-corrected chi connectivity index (χ1v) is 13.4.